The molecule has 1 aliphatic rings. The van der Waals surface area contributed by atoms with Gasteiger partial charge >= 0.3 is 12.3 Å². The molecule has 2 aromatic carbocycles. The summed E-state index contributed by atoms with van der Waals surface area (Å²) in [7, 11) is 0. The monoisotopic (exact) mass is 610 g/mol. The second-order valence-corrected chi connectivity index (χ2v) is 11.9. The van der Waals surface area contributed by atoms with Crippen LogP contribution in [0.1, 0.15) is 57.4 Å². The first-order chi connectivity index (χ1) is 19.7. The molecule has 0 saturated carbocycles. The van der Waals surface area contributed by atoms with Crippen LogP contribution in [0.3, 0.4) is 0 Å². The molecule has 2 amide bonds. The van der Waals surface area contributed by atoms with E-state index in [1.165, 1.54) is 6.07 Å². The zero-order chi connectivity index (χ0) is 31.1. The third kappa shape index (κ3) is 9.61. The number of nitrogens with zero attached hydrogens (tertiary/aromatic N) is 3. The molecule has 3 rings (SSSR count). The molecule has 0 bridgehead atoms. The topological polar surface area (TPSA) is 65.1 Å². The maximum atomic E-state index is 14.0. The molecule has 1 heterocycles. The molecule has 232 valence electrons. The van der Waals surface area contributed by atoms with Crippen molar-refractivity contribution in [1.82, 2.24) is 20.0 Å². The molecule has 0 radical (unpaired) electrons. The number of benzene rings is 2. The van der Waals surface area contributed by atoms with Gasteiger partial charge in [0.2, 0.25) is 5.91 Å². The van der Waals surface area contributed by atoms with Crippen LogP contribution < -0.4 is 5.32 Å². The Kier molecular flexibility index (Phi) is 11.7. The first-order valence-corrected chi connectivity index (χ1v) is 14.7. The fourth-order valence-electron chi connectivity index (χ4n) is 5.16. The van der Waals surface area contributed by atoms with E-state index in [2.05, 4.69) is 10.2 Å². The average Bonchev–Trinajstić information content (AvgIpc) is 2.93. The first-order valence-electron chi connectivity index (χ1n) is 14.4. The van der Waals surface area contributed by atoms with Gasteiger partial charge in [-0.3, -0.25) is 9.69 Å². The quantitative estimate of drug-likeness (QED) is 0.356. The van der Waals surface area contributed by atoms with E-state index >= 15 is 0 Å². The van der Waals surface area contributed by atoms with Crippen molar-refractivity contribution in [2.24, 2.45) is 0 Å². The summed E-state index contributed by atoms with van der Waals surface area (Å²) in [5.74, 6) is -0.272. The van der Waals surface area contributed by atoms with E-state index in [0.717, 1.165) is 11.6 Å². The van der Waals surface area contributed by atoms with Gasteiger partial charge in [0.1, 0.15) is 11.6 Å². The lowest BCUT2D eigenvalue weighted by Crippen LogP contribution is -2.57. The van der Waals surface area contributed by atoms with Crippen molar-refractivity contribution in [3.05, 3.63) is 70.2 Å². The lowest BCUT2D eigenvalue weighted by Gasteiger charge is -2.42. The number of hydrogen-bond donors (Lipinski definition) is 1. The predicted molar refractivity (Wildman–Crippen MR) is 158 cm³/mol. The Bertz CT molecular complexity index is 1180. The van der Waals surface area contributed by atoms with E-state index in [-0.39, 0.29) is 17.9 Å². The van der Waals surface area contributed by atoms with Crippen LogP contribution in [-0.2, 0) is 22.1 Å². The zero-order valence-electron chi connectivity index (χ0n) is 25.0. The molecule has 2 aromatic rings. The fourth-order valence-corrected chi connectivity index (χ4v) is 5.29. The average molecular weight is 611 g/mol. The van der Waals surface area contributed by atoms with E-state index in [9.17, 15) is 22.8 Å². The molecule has 42 heavy (non-hydrogen) atoms. The van der Waals surface area contributed by atoms with Crippen molar-refractivity contribution in [3.8, 4) is 0 Å². The van der Waals surface area contributed by atoms with Gasteiger partial charge in [-0.2, -0.15) is 13.2 Å². The number of rotatable bonds is 10. The van der Waals surface area contributed by atoms with Gasteiger partial charge in [-0.25, -0.2) is 4.79 Å². The van der Waals surface area contributed by atoms with E-state index < -0.39 is 35.5 Å². The predicted octanol–water partition coefficient (Wildman–Crippen LogP) is 6.02. The van der Waals surface area contributed by atoms with E-state index in [4.69, 9.17) is 16.3 Å². The molecule has 0 spiro atoms. The highest BCUT2D eigenvalue weighted by molar-refractivity contribution is 6.30. The molecule has 1 unspecified atom stereocenters. The first kappa shape index (κ1) is 33.7. The summed E-state index contributed by atoms with van der Waals surface area (Å²) in [6.45, 7) is 12.5. The Hall–Kier alpha value is -2.82. The largest absolute Gasteiger partial charge is 0.444 e. The van der Waals surface area contributed by atoms with Gasteiger partial charge in [-0.05, 0) is 63.2 Å². The second kappa shape index (κ2) is 14.6. The standard InChI is InChI=1S/C31H42ClF3N4O3/c1-6-37(7-2)21-27(24-10-8-9-11-25(24)31(33,34)35)38-16-18-39(19-17-38)28(40)26(36-29(41)42-30(3,4)5)20-22-12-14-23(32)15-13-22/h8-15,26-27H,6-7,16-21H2,1-5H3,(H,36,41)/t26-,27?/m1/s1. The maximum absolute atomic E-state index is 14.0. The van der Waals surface area contributed by atoms with Crippen LogP contribution in [-0.4, -0.2) is 84.2 Å². The number of nitrogens with one attached hydrogen (secondary N) is 1. The Morgan fingerprint density at radius 1 is 0.976 bits per heavy atom. The van der Waals surface area contributed by atoms with Gasteiger partial charge < -0.3 is 19.9 Å². The minimum atomic E-state index is -4.47. The van der Waals surface area contributed by atoms with Crippen molar-refractivity contribution in [2.45, 2.75) is 64.9 Å². The minimum absolute atomic E-state index is 0.235. The zero-order valence-corrected chi connectivity index (χ0v) is 25.8. The smallest absolute Gasteiger partial charge is 0.416 e. The maximum Gasteiger partial charge on any atom is 0.416 e. The van der Waals surface area contributed by atoms with Gasteiger partial charge in [0.05, 0.1) is 5.56 Å². The van der Waals surface area contributed by atoms with Gasteiger partial charge in [-0.15, -0.1) is 0 Å². The van der Waals surface area contributed by atoms with Gasteiger partial charge in [0.25, 0.3) is 0 Å². The van der Waals surface area contributed by atoms with Crippen LogP contribution in [0.15, 0.2) is 48.5 Å². The van der Waals surface area contributed by atoms with Crippen LogP contribution in [0.4, 0.5) is 18.0 Å². The summed E-state index contributed by atoms with van der Waals surface area (Å²) >= 11 is 6.02. The van der Waals surface area contributed by atoms with Crippen LogP contribution in [0, 0.1) is 0 Å². The number of carbonyl (C=O) groups is 2. The molecule has 1 fully saturated rings. The van der Waals surface area contributed by atoms with E-state index in [1.54, 1.807) is 62.1 Å². The molecule has 11 heteroatoms. The van der Waals surface area contributed by atoms with Crippen molar-refractivity contribution >= 4 is 23.6 Å². The third-order valence-electron chi connectivity index (χ3n) is 7.36. The lowest BCUT2D eigenvalue weighted by molar-refractivity contribution is -0.139. The Labute approximate surface area is 251 Å². The summed E-state index contributed by atoms with van der Waals surface area (Å²) in [5, 5.41) is 3.29. The molecule has 2 atom stereocenters. The normalized spacial score (nSPS) is 16.3. The highest BCUT2D eigenvalue weighted by Crippen LogP contribution is 2.37. The highest BCUT2D eigenvalue weighted by Gasteiger charge is 2.38. The van der Waals surface area contributed by atoms with Gasteiger partial charge in [-0.1, -0.05) is 55.8 Å². The molecule has 7 nitrogen and oxygen atoms in total. The summed E-state index contributed by atoms with van der Waals surface area (Å²) in [6.07, 6.45) is -4.94. The number of hydrogen-bond acceptors (Lipinski definition) is 5. The highest BCUT2D eigenvalue weighted by atomic mass is 35.5. The molecule has 0 aromatic heterocycles. The van der Waals surface area contributed by atoms with E-state index in [0.29, 0.717) is 50.8 Å². The second-order valence-electron chi connectivity index (χ2n) is 11.5. The van der Waals surface area contributed by atoms with Gasteiger partial charge in [0.15, 0.2) is 0 Å². The van der Waals surface area contributed by atoms with Crippen molar-refractivity contribution < 1.29 is 27.5 Å². The summed E-state index contributed by atoms with van der Waals surface area (Å²) in [4.78, 5) is 32.2. The number of amides is 2. The molecule has 0 aliphatic carbocycles. The SMILES string of the molecule is CCN(CC)CC(c1ccccc1C(F)(F)F)N1CCN(C(=O)[C@@H](Cc2ccc(Cl)cc2)NC(=O)OC(C)(C)C)CC1. The number of alkyl halides is 3. The Morgan fingerprint density at radius 2 is 1.57 bits per heavy atom. The summed E-state index contributed by atoms with van der Waals surface area (Å²) < 4.78 is 47.4. The fraction of sp³-hybridized carbons (Fsp3) is 0.548. The van der Waals surface area contributed by atoms with Crippen molar-refractivity contribution in [1.29, 1.82) is 0 Å². The summed E-state index contributed by atoms with van der Waals surface area (Å²) in [5.41, 5.74) is -0.319. The number of halogens is 4. The lowest BCUT2D eigenvalue weighted by atomic mass is 9.97. The number of carbonyl (C=O) groups excluding carboxylic acids is 2. The minimum Gasteiger partial charge on any atom is -0.444 e. The number of ether oxygens (including phenoxy) is 1. The Balaban J connectivity index is 1.80. The van der Waals surface area contributed by atoms with Crippen molar-refractivity contribution in [2.75, 3.05) is 45.8 Å². The Morgan fingerprint density at radius 3 is 2.12 bits per heavy atom. The van der Waals surface area contributed by atoms with Gasteiger partial charge in [0, 0.05) is 50.2 Å². The van der Waals surface area contributed by atoms with Crippen LogP contribution in [0.25, 0.3) is 0 Å². The van der Waals surface area contributed by atoms with Crippen molar-refractivity contribution in [3.63, 3.8) is 0 Å². The van der Waals surface area contributed by atoms with Crippen LogP contribution in [0.2, 0.25) is 5.02 Å². The number of alkyl carbamates (subject to hydrolysis) is 1. The molecule has 1 saturated heterocycles. The number of piperazine rings is 1. The number of likely N-dealkylation sites (N-methyl/N-ethyl adjacent to an activating group) is 1. The van der Waals surface area contributed by atoms with Crippen LogP contribution in [0.5, 0.6) is 0 Å². The molecular weight excluding hydrogens is 569 g/mol. The third-order valence-corrected chi connectivity index (χ3v) is 7.61. The molecule has 1 aliphatic heterocycles. The molecular formula is C31H42ClF3N4O3. The van der Waals surface area contributed by atoms with Crippen LogP contribution >= 0.6 is 11.6 Å². The van der Waals surface area contributed by atoms with E-state index in [1.807, 2.05) is 18.7 Å². The summed E-state index contributed by atoms with van der Waals surface area (Å²) in [6, 6.07) is 11.4. The molecule has 1 N–H and O–H groups in total.